The van der Waals surface area contributed by atoms with E-state index in [1.165, 1.54) is 18.9 Å². The van der Waals surface area contributed by atoms with Gasteiger partial charge in [-0.05, 0) is 44.0 Å². The van der Waals surface area contributed by atoms with Gasteiger partial charge in [-0.15, -0.1) is 0 Å². The number of aromatic amines is 1. The summed E-state index contributed by atoms with van der Waals surface area (Å²) >= 11 is 1.39. The molecule has 1 aliphatic heterocycles. The van der Waals surface area contributed by atoms with Crippen molar-refractivity contribution < 1.29 is 19.1 Å². The van der Waals surface area contributed by atoms with Crippen LogP contribution >= 0.6 is 11.8 Å². The minimum absolute atomic E-state index is 0.331. The number of aryl methyl sites for hydroxylation is 2. The minimum atomic E-state index is -0.605. The van der Waals surface area contributed by atoms with Crippen molar-refractivity contribution in [2.75, 3.05) is 19.5 Å². The van der Waals surface area contributed by atoms with E-state index in [2.05, 4.69) is 20.6 Å². The molecule has 3 N–H and O–H groups in total. The van der Waals surface area contributed by atoms with E-state index in [1.54, 1.807) is 0 Å². The molecule has 0 radical (unpaired) electrons. The van der Waals surface area contributed by atoms with E-state index in [0.717, 1.165) is 33.5 Å². The third-order valence-electron chi connectivity index (χ3n) is 5.40. The molecule has 0 spiro atoms. The summed E-state index contributed by atoms with van der Waals surface area (Å²) in [4.78, 5) is 33.2. The quantitative estimate of drug-likeness (QED) is 0.357. The van der Waals surface area contributed by atoms with Gasteiger partial charge in [0.05, 0.1) is 36.4 Å². The lowest BCUT2D eigenvalue weighted by molar-refractivity contribution is -0.136. The van der Waals surface area contributed by atoms with Crippen molar-refractivity contribution in [3.05, 3.63) is 64.4 Å². The Bertz CT molecular complexity index is 1250. The number of carbonyl (C=O) groups excluding carboxylic acids is 2. The Hall–Kier alpha value is -3.46. The third-order valence-corrected chi connectivity index (χ3v) is 6.30. The summed E-state index contributed by atoms with van der Waals surface area (Å²) in [6.45, 7) is 6.45. The van der Waals surface area contributed by atoms with Crippen molar-refractivity contribution in [1.29, 1.82) is 0 Å². The predicted octanol–water partition coefficient (Wildman–Crippen LogP) is 4.15. The van der Waals surface area contributed by atoms with Gasteiger partial charge in [0.15, 0.2) is 5.16 Å². The zero-order valence-corrected chi connectivity index (χ0v) is 19.8. The smallest absolute Gasteiger partial charge is 0.338 e. The molecule has 9 heteroatoms. The molecule has 4 rings (SSSR count). The second kappa shape index (κ2) is 9.58. The van der Waals surface area contributed by atoms with Crippen LogP contribution in [0.4, 0.5) is 4.79 Å². The third kappa shape index (κ3) is 4.83. The maximum Gasteiger partial charge on any atom is 0.338 e. The monoisotopic (exact) mass is 466 g/mol. The van der Waals surface area contributed by atoms with Crippen LogP contribution in [0.2, 0.25) is 0 Å². The molecule has 172 valence electrons. The molecular weight excluding hydrogens is 440 g/mol. The van der Waals surface area contributed by atoms with E-state index in [4.69, 9.17) is 9.47 Å². The van der Waals surface area contributed by atoms with Gasteiger partial charge in [-0.2, -0.15) is 0 Å². The maximum absolute atomic E-state index is 12.8. The van der Waals surface area contributed by atoms with Crippen LogP contribution < -0.4 is 15.4 Å². The fourth-order valence-corrected chi connectivity index (χ4v) is 4.67. The first-order valence-corrected chi connectivity index (χ1v) is 11.6. The predicted molar refractivity (Wildman–Crippen MR) is 127 cm³/mol. The Balaban J connectivity index is 1.66. The van der Waals surface area contributed by atoms with E-state index in [-0.39, 0.29) is 6.03 Å². The number of thioether (sulfide) groups is 1. The number of H-pyrrole nitrogens is 1. The number of fused-ring (bicyclic) bond motifs is 1. The fraction of sp³-hybridized carbons (Fsp3) is 0.292. The van der Waals surface area contributed by atoms with Gasteiger partial charge < -0.3 is 25.1 Å². The van der Waals surface area contributed by atoms with E-state index < -0.39 is 12.0 Å². The highest BCUT2D eigenvalue weighted by atomic mass is 32.2. The number of hydrogen-bond acceptors (Lipinski definition) is 6. The van der Waals surface area contributed by atoms with Gasteiger partial charge in [0.1, 0.15) is 5.75 Å². The lowest BCUT2D eigenvalue weighted by Gasteiger charge is -2.30. The fourth-order valence-electron chi connectivity index (χ4n) is 3.82. The average Bonchev–Trinajstić information content (AvgIpc) is 3.21. The first kappa shape index (κ1) is 22.7. The summed E-state index contributed by atoms with van der Waals surface area (Å²) in [7, 11) is 1.34. The summed E-state index contributed by atoms with van der Waals surface area (Å²) < 4.78 is 10.6. The molecule has 3 aromatic rings. The van der Waals surface area contributed by atoms with Crippen LogP contribution in [-0.4, -0.2) is 41.4 Å². The molecule has 0 aliphatic carbocycles. The summed E-state index contributed by atoms with van der Waals surface area (Å²) in [6.07, 6.45) is 0. The number of methoxy groups -OCH3 is 1. The topological polar surface area (TPSA) is 105 Å². The van der Waals surface area contributed by atoms with Gasteiger partial charge in [0.2, 0.25) is 0 Å². The van der Waals surface area contributed by atoms with Gasteiger partial charge in [0, 0.05) is 17.5 Å². The van der Waals surface area contributed by atoms with Crippen LogP contribution in [0.25, 0.3) is 11.0 Å². The van der Waals surface area contributed by atoms with Gasteiger partial charge in [0.25, 0.3) is 0 Å². The number of benzene rings is 2. The molecule has 0 saturated heterocycles. The Labute approximate surface area is 196 Å². The molecule has 1 aliphatic rings. The number of urea groups is 1. The molecule has 1 aromatic heterocycles. The normalized spacial score (nSPS) is 15.9. The summed E-state index contributed by atoms with van der Waals surface area (Å²) in [5.41, 5.74) is 5.42. The largest absolute Gasteiger partial charge is 0.494 e. The summed E-state index contributed by atoms with van der Waals surface area (Å²) in [6, 6.07) is 10.7. The van der Waals surface area contributed by atoms with Crippen molar-refractivity contribution in [1.82, 2.24) is 20.6 Å². The van der Waals surface area contributed by atoms with E-state index in [1.807, 2.05) is 57.2 Å². The molecule has 8 nitrogen and oxygen atoms in total. The first-order valence-electron chi connectivity index (χ1n) is 10.6. The Kier molecular flexibility index (Phi) is 6.60. The van der Waals surface area contributed by atoms with Crippen molar-refractivity contribution in [3.8, 4) is 5.75 Å². The molecule has 0 fully saturated rings. The SMILES string of the molecule is CCOc1ccc2nc(SCC3=C(C(=O)OC)C(c4cc(C)ccc4C)NC(=O)N3)[nH]c2c1. The van der Waals surface area contributed by atoms with Crippen molar-refractivity contribution >= 4 is 34.8 Å². The highest BCUT2D eigenvalue weighted by Gasteiger charge is 2.34. The Morgan fingerprint density at radius 1 is 1.18 bits per heavy atom. The second-order valence-electron chi connectivity index (χ2n) is 7.72. The zero-order valence-electron chi connectivity index (χ0n) is 18.9. The number of amides is 2. The molecule has 2 amide bonds. The van der Waals surface area contributed by atoms with Crippen LogP contribution in [0.3, 0.4) is 0 Å². The van der Waals surface area contributed by atoms with Crippen molar-refractivity contribution in [2.45, 2.75) is 32.0 Å². The molecular formula is C24H26N4O4S. The van der Waals surface area contributed by atoms with Crippen LogP contribution in [-0.2, 0) is 9.53 Å². The molecule has 0 saturated carbocycles. The molecule has 1 unspecified atom stereocenters. The summed E-state index contributed by atoms with van der Waals surface area (Å²) in [5, 5.41) is 6.34. The number of hydrogen-bond donors (Lipinski definition) is 3. The Morgan fingerprint density at radius 3 is 2.76 bits per heavy atom. The van der Waals surface area contributed by atoms with Crippen LogP contribution in [0.1, 0.15) is 29.7 Å². The van der Waals surface area contributed by atoms with E-state index >= 15 is 0 Å². The van der Waals surface area contributed by atoms with Gasteiger partial charge in [-0.25, -0.2) is 14.6 Å². The van der Waals surface area contributed by atoms with Crippen molar-refractivity contribution in [3.63, 3.8) is 0 Å². The number of nitrogens with one attached hydrogen (secondary N) is 3. The average molecular weight is 467 g/mol. The van der Waals surface area contributed by atoms with Gasteiger partial charge in [-0.3, -0.25) is 0 Å². The summed E-state index contributed by atoms with van der Waals surface area (Å²) in [5.74, 6) is 0.606. The number of carbonyl (C=O) groups is 2. The highest BCUT2D eigenvalue weighted by Crippen LogP contribution is 2.32. The first-order chi connectivity index (χ1) is 15.9. The molecule has 33 heavy (non-hydrogen) atoms. The maximum atomic E-state index is 12.8. The molecule has 1 atom stereocenters. The van der Waals surface area contributed by atoms with Crippen LogP contribution in [0, 0.1) is 13.8 Å². The van der Waals surface area contributed by atoms with E-state index in [0.29, 0.717) is 28.8 Å². The number of ether oxygens (including phenoxy) is 2. The van der Waals surface area contributed by atoms with Gasteiger partial charge >= 0.3 is 12.0 Å². The molecule has 2 aromatic carbocycles. The van der Waals surface area contributed by atoms with Crippen LogP contribution in [0.15, 0.2) is 52.8 Å². The molecule has 0 bridgehead atoms. The number of aromatic nitrogens is 2. The number of rotatable bonds is 7. The lowest BCUT2D eigenvalue weighted by Crippen LogP contribution is -2.46. The highest BCUT2D eigenvalue weighted by molar-refractivity contribution is 7.99. The second-order valence-corrected chi connectivity index (χ2v) is 8.68. The zero-order chi connectivity index (χ0) is 23.5. The number of esters is 1. The van der Waals surface area contributed by atoms with Crippen molar-refractivity contribution in [2.24, 2.45) is 0 Å². The standard InChI is InChI=1S/C24H26N4O4S/c1-5-32-15-8-9-17-18(11-15)27-24(26-17)33-12-19-20(22(29)31-4)21(28-23(30)25-19)16-10-13(2)6-7-14(16)3/h6-11,21H,5,12H2,1-4H3,(H,26,27)(H2,25,28,30). The lowest BCUT2D eigenvalue weighted by atomic mass is 9.91. The van der Waals surface area contributed by atoms with Crippen LogP contribution in [0.5, 0.6) is 5.75 Å². The molecule has 2 heterocycles. The van der Waals surface area contributed by atoms with Gasteiger partial charge in [-0.1, -0.05) is 35.5 Å². The van der Waals surface area contributed by atoms with E-state index in [9.17, 15) is 9.59 Å². The minimum Gasteiger partial charge on any atom is -0.494 e. The Morgan fingerprint density at radius 2 is 2.00 bits per heavy atom. The number of imidazole rings is 1. The number of nitrogens with zero attached hydrogens (tertiary/aromatic N) is 1.